The molecule has 0 aliphatic carbocycles. The summed E-state index contributed by atoms with van der Waals surface area (Å²) in [5.74, 6) is -1.10. The van der Waals surface area contributed by atoms with E-state index in [1.807, 2.05) is 19.2 Å². The Morgan fingerprint density at radius 1 is 1.28 bits per heavy atom. The van der Waals surface area contributed by atoms with Crippen molar-refractivity contribution in [2.75, 3.05) is 0 Å². The first-order valence-electron chi connectivity index (χ1n) is 5.65. The van der Waals surface area contributed by atoms with Crippen LogP contribution in [0.2, 0.25) is 0 Å². The maximum Gasteiger partial charge on any atom is 0.126 e. The highest BCUT2D eigenvalue weighted by molar-refractivity contribution is 7.09. The minimum absolute atomic E-state index is 0.126. The third-order valence-corrected chi connectivity index (χ3v) is 3.58. The standard InChI is InChI=1S/C13H14F2N2S/c1-8-7-18-13(17-8)6-16-9(2)10-3-11(14)5-12(15)4-10/h3-5,7,9,16H,6H2,1-2H3. The normalized spacial score (nSPS) is 12.7. The summed E-state index contributed by atoms with van der Waals surface area (Å²) in [6.07, 6.45) is 0. The van der Waals surface area contributed by atoms with Crippen LogP contribution in [0.5, 0.6) is 0 Å². The molecular formula is C13H14F2N2S. The van der Waals surface area contributed by atoms with Crippen LogP contribution in [0.1, 0.15) is 29.2 Å². The first kappa shape index (κ1) is 13.1. The van der Waals surface area contributed by atoms with Crippen molar-refractivity contribution in [3.05, 3.63) is 51.5 Å². The van der Waals surface area contributed by atoms with Crippen LogP contribution in [0.4, 0.5) is 8.78 Å². The van der Waals surface area contributed by atoms with Crippen LogP contribution in [0.15, 0.2) is 23.6 Å². The molecular weight excluding hydrogens is 254 g/mol. The van der Waals surface area contributed by atoms with E-state index in [1.54, 1.807) is 11.3 Å². The van der Waals surface area contributed by atoms with Crippen molar-refractivity contribution in [3.63, 3.8) is 0 Å². The monoisotopic (exact) mass is 268 g/mol. The highest BCUT2D eigenvalue weighted by atomic mass is 32.1. The molecule has 1 aromatic heterocycles. The second kappa shape index (κ2) is 5.54. The van der Waals surface area contributed by atoms with Gasteiger partial charge in [-0.25, -0.2) is 13.8 Å². The van der Waals surface area contributed by atoms with Gasteiger partial charge in [0.25, 0.3) is 0 Å². The summed E-state index contributed by atoms with van der Waals surface area (Å²) < 4.78 is 26.2. The van der Waals surface area contributed by atoms with Gasteiger partial charge >= 0.3 is 0 Å². The van der Waals surface area contributed by atoms with Crippen molar-refractivity contribution in [2.45, 2.75) is 26.4 Å². The zero-order valence-electron chi connectivity index (χ0n) is 10.2. The molecule has 0 fully saturated rings. The minimum atomic E-state index is -0.552. The second-order valence-corrected chi connectivity index (χ2v) is 5.13. The maximum atomic E-state index is 13.1. The van der Waals surface area contributed by atoms with E-state index in [0.29, 0.717) is 12.1 Å². The summed E-state index contributed by atoms with van der Waals surface area (Å²) in [5, 5.41) is 6.14. The molecule has 0 amide bonds. The zero-order valence-corrected chi connectivity index (χ0v) is 11.0. The Balaban J connectivity index is 2.01. The van der Waals surface area contributed by atoms with Gasteiger partial charge in [0.05, 0.1) is 0 Å². The Morgan fingerprint density at radius 3 is 2.50 bits per heavy atom. The molecule has 2 aromatic rings. The third kappa shape index (κ3) is 3.34. The van der Waals surface area contributed by atoms with Gasteiger partial charge in [0.2, 0.25) is 0 Å². The lowest BCUT2D eigenvalue weighted by atomic mass is 10.1. The van der Waals surface area contributed by atoms with Crippen molar-refractivity contribution < 1.29 is 8.78 Å². The lowest BCUT2D eigenvalue weighted by molar-refractivity contribution is 0.545. The number of hydrogen-bond donors (Lipinski definition) is 1. The Kier molecular flexibility index (Phi) is 4.04. The van der Waals surface area contributed by atoms with Gasteiger partial charge in [-0.1, -0.05) is 0 Å². The van der Waals surface area contributed by atoms with Crippen molar-refractivity contribution >= 4 is 11.3 Å². The van der Waals surface area contributed by atoms with Crippen LogP contribution in [0.3, 0.4) is 0 Å². The van der Waals surface area contributed by atoms with Gasteiger partial charge in [-0.15, -0.1) is 11.3 Å². The van der Waals surface area contributed by atoms with Crippen LogP contribution in [0.25, 0.3) is 0 Å². The number of nitrogens with one attached hydrogen (secondary N) is 1. The topological polar surface area (TPSA) is 24.9 Å². The Morgan fingerprint density at radius 2 is 1.94 bits per heavy atom. The molecule has 0 aliphatic heterocycles. The number of rotatable bonds is 4. The maximum absolute atomic E-state index is 13.1. The predicted molar refractivity (Wildman–Crippen MR) is 68.5 cm³/mol. The second-order valence-electron chi connectivity index (χ2n) is 4.19. The molecule has 2 rings (SSSR count). The molecule has 1 N–H and O–H groups in total. The molecule has 1 unspecified atom stereocenters. The van der Waals surface area contributed by atoms with Gasteiger partial charge < -0.3 is 5.32 Å². The highest BCUT2D eigenvalue weighted by Crippen LogP contribution is 2.17. The van der Waals surface area contributed by atoms with E-state index in [0.717, 1.165) is 16.8 Å². The summed E-state index contributed by atoms with van der Waals surface area (Å²) in [6, 6.07) is 3.43. The van der Waals surface area contributed by atoms with E-state index in [1.165, 1.54) is 12.1 Å². The Hall–Kier alpha value is -1.33. The molecule has 18 heavy (non-hydrogen) atoms. The fraction of sp³-hybridized carbons (Fsp3) is 0.308. The summed E-state index contributed by atoms with van der Waals surface area (Å²) in [4.78, 5) is 4.32. The smallest absolute Gasteiger partial charge is 0.126 e. The van der Waals surface area contributed by atoms with E-state index < -0.39 is 11.6 Å². The molecule has 96 valence electrons. The molecule has 0 bridgehead atoms. The number of hydrogen-bond acceptors (Lipinski definition) is 3. The highest BCUT2D eigenvalue weighted by Gasteiger charge is 2.09. The quantitative estimate of drug-likeness (QED) is 0.916. The average Bonchev–Trinajstić information content (AvgIpc) is 2.70. The fourth-order valence-corrected chi connectivity index (χ4v) is 2.39. The van der Waals surface area contributed by atoms with Crippen LogP contribution < -0.4 is 5.32 Å². The molecule has 0 spiro atoms. The molecule has 0 radical (unpaired) electrons. The molecule has 1 heterocycles. The van der Waals surface area contributed by atoms with E-state index >= 15 is 0 Å². The Labute approximate surface area is 109 Å². The lowest BCUT2D eigenvalue weighted by Gasteiger charge is -2.13. The summed E-state index contributed by atoms with van der Waals surface area (Å²) in [7, 11) is 0. The van der Waals surface area contributed by atoms with E-state index in [2.05, 4.69) is 10.3 Å². The minimum Gasteiger partial charge on any atom is -0.304 e. The van der Waals surface area contributed by atoms with E-state index in [-0.39, 0.29) is 6.04 Å². The predicted octanol–water partition coefficient (Wildman–Crippen LogP) is 3.58. The van der Waals surface area contributed by atoms with Gasteiger partial charge in [-0.05, 0) is 31.5 Å². The van der Waals surface area contributed by atoms with E-state index in [4.69, 9.17) is 0 Å². The first-order valence-corrected chi connectivity index (χ1v) is 6.53. The van der Waals surface area contributed by atoms with E-state index in [9.17, 15) is 8.78 Å². The molecule has 0 saturated heterocycles. The first-order chi connectivity index (χ1) is 8.54. The van der Waals surface area contributed by atoms with Gasteiger partial charge in [0, 0.05) is 29.7 Å². The number of halogens is 2. The van der Waals surface area contributed by atoms with Crippen LogP contribution in [0, 0.1) is 18.6 Å². The number of aromatic nitrogens is 1. The molecule has 5 heteroatoms. The fourth-order valence-electron chi connectivity index (χ4n) is 1.67. The lowest BCUT2D eigenvalue weighted by Crippen LogP contribution is -2.18. The number of thiazole rings is 1. The largest absolute Gasteiger partial charge is 0.304 e. The zero-order chi connectivity index (χ0) is 13.1. The number of benzene rings is 1. The molecule has 1 aromatic carbocycles. The van der Waals surface area contributed by atoms with Gasteiger partial charge in [0.15, 0.2) is 0 Å². The molecule has 1 atom stereocenters. The molecule has 0 saturated carbocycles. The SMILES string of the molecule is Cc1csc(CNC(C)c2cc(F)cc(F)c2)n1. The number of aryl methyl sites for hydroxylation is 1. The van der Waals surface area contributed by atoms with Gasteiger partial charge in [-0.3, -0.25) is 0 Å². The average molecular weight is 268 g/mol. The van der Waals surface area contributed by atoms with Crippen molar-refractivity contribution in [1.82, 2.24) is 10.3 Å². The Bertz CT molecular complexity index is 519. The van der Waals surface area contributed by atoms with Crippen molar-refractivity contribution in [2.24, 2.45) is 0 Å². The van der Waals surface area contributed by atoms with Crippen molar-refractivity contribution in [3.8, 4) is 0 Å². The van der Waals surface area contributed by atoms with Crippen LogP contribution in [-0.2, 0) is 6.54 Å². The summed E-state index contributed by atoms with van der Waals surface area (Å²) >= 11 is 1.57. The summed E-state index contributed by atoms with van der Waals surface area (Å²) in [6.45, 7) is 4.40. The molecule has 2 nitrogen and oxygen atoms in total. The van der Waals surface area contributed by atoms with Gasteiger partial charge in [0.1, 0.15) is 16.6 Å². The van der Waals surface area contributed by atoms with Gasteiger partial charge in [-0.2, -0.15) is 0 Å². The third-order valence-electron chi connectivity index (χ3n) is 2.61. The molecule has 0 aliphatic rings. The van der Waals surface area contributed by atoms with Crippen molar-refractivity contribution in [1.29, 1.82) is 0 Å². The van der Waals surface area contributed by atoms with Crippen LogP contribution >= 0.6 is 11.3 Å². The summed E-state index contributed by atoms with van der Waals surface area (Å²) in [5.41, 5.74) is 1.59. The number of nitrogens with zero attached hydrogens (tertiary/aromatic N) is 1. The van der Waals surface area contributed by atoms with Crippen LogP contribution in [-0.4, -0.2) is 4.98 Å².